The molecule has 1 aromatic carbocycles. The Kier molecular flexibility index (Phi) is 7.78. The maximum atomic E-state index is 12.4. The number of carbonyl (C=O) groups is 2. The summed E-state index contributed by atoms with van der Waals surface area (Å²) in [5.41, 5.74) is -0.857. The van der Waals surface area contributed by atoms with E-state index in [1.807, 2.05) is 13.8 Å². The quantitative estimate of drug-likeness (QED) is 0.334. The van der Waals surface area contributed by atoms with Crippen LogP contribution in [0.4, 0.5) is 0 Å². The summed E-state index contributed by atoms with van der Waals surface area (Å²) < 4.78 is 16.4. The number of carbonyl (C=O) groups excluding carboxylic acids is 2. The Morgan fingerprint density at radius 1 is 1.21 bits per heavy atom. The summed E-state index contributed by atoms with van der Waals surface area (Å²) in [5.74, 6) is -2.60. The van der Waals surface area contributed by atoms with Crippen LogP contribution in [0.15, 0.2) is 42.2 Å². The van der Waals surface area contributed by atoms with Gasteiger partial charge in [0.05, 0.1) is 25.4 Å². The van der Waals surface area contributed by atoms with Crippen molar-refractivity contribution in [2.45, 2.75) is 44.7 Å². The van der Waals surface area contributed by atoms with Gasteiger partial charge in [0.15, 0.2) is 0 Å². The SMILES string of the molecule is CC(C)CC(=O)O[C@H]1OC=C(CO)[C@H]2C[C@H](OC(=O)C=Cc3ccc(O)cc3)[C@](O)(CO)[C@H]12. The third-order valence-electron chi connectivity index (χ3n) is 5.98. The predicted octanol–water partition coefficient (Wildman–Crippen LogP) is 1.50. The van der Waals surface area contributed by atoms with Crippen LogP contribution in [0.2, 0.25) is 0 Å². The van der Waals surface area contributed by atoms with E-state index >= 15 is 0 Å². The van der Waals surface area contributed by atoms with Crippen LogP contribution in [-0.4, -0.2) is 63.6 Å². The summed E-state index contributed by atoms with van der Waals surface area (Å²) >= 11 is 0. The normalized spacial score (nSPS) is 28.8. The van der Waals surface area contributed by atoms with Crippen molar-refractivity contribution in [3.8, 4) is 5.75 Å². The molecular formula is C24H30O9. The molecule has 1 aliphatic carbocycles. The summed E-state index contributed by atoms with van der Waals surface area (Å²) in [6.45, 7) is 2.58. The van der Waals surface area contributed by atoms with Crippen molar-refractivity contribution in [3.63, 3.8) is 0 Å². The molecule has 2 aliphatic rings. The molecule has 180 valence electrons. The minimum Gasteiger partial charge on any atom is -0.508 e. The number of phenols is 1. The Morgan fingerprint density at radius 3 is 2.52 bits per heavy atom. The van der Waals surface area contributed by atoms with Gasteiger partial charge in [0.2, 0.25) is 6.29 Å². The van der Waals surface area contributed by atoms with Gasteiger partial charge in [-0.05, 0) is 41.7 Å². The molecule has 0 unspecified atom stereocenters. The molecule has 1 aliphatic heterocycles. The highest BCUT2D eigenvalue weighted by Gasteiger charge is 2.62. The Hall–Kier alpha value is -2.88. The molecule has 5 atom stereocenters. The van der Waals surface area contributed by atoms with Gasteiger partial charge in [0.25, 0.3) is 0 Å². The molecule has 0 bridgehead atoms. The highest BCUT2D eigenvalue weighted by atomic mass is 16.7. The molecule has 1 aromatic rings. The van der Waals surface area contributed by atoms with Gasteiger partial charge < -0.3 is 34.6 Å². The molecule has 0 radical (unpaired) electrons. The first-order chi connectivity index (χ1) is 15.7. The molecule has 3 rings (SSSR count). The standard InChI is InChI=1S/C24H30O9/c1-14(2)9-21(29)33-23-22-18(16(11-25)12-31-23)10-19(24(22,30)13-26)32-20(28)8-5-15-3-6-17(27)7-4-15/h3-8,12,14,18-19,22-23,25-27,30H,9-11,13H2,1-2H3/t18-,19+,22+,23-,24-/m1/s1. The number of aliphatic hydroxyl groups excluding tert-OH is 2. The van der Waals surface area contributed by atoms with Crippen LogP contribution < -0.4 is 0 Å². The van der Waals surface area contributed by atoms with Crippen molar-refractivity contribution in [1.29, 1.82) is 0 Å². The lowest BCUT2D eigenvalue weighted by Crippen LogP contribution is -2.54. The molecular weight excluding hydrogens is 432 g/mol. The van der Waals surface area contributed by atoms with Crippen LogP contribution in [0.3, 0.4) is 0 Å². The number of hydrogen-bond donors (Lipinski definition) is 4. The number of aliphatic hydroxyl groups is 3. The first-order valence-corrected chi connectivity index (χ1v) is 10.8. The zero-order valence-electron chi connectivity index (χ0n) is 18.6. The monoisotopic (exact) mass is 462 g/mol. The maximum absolute atomic E-state index is 12.4. The van der Waals surface area contributed by atoms with Crippen molar-refractivity contribution in [2.75, 3.05) is 13.2 Å². The van der Waals surface area contributed by atoms with Gasteiger partial charge in [0.1, 0.15) is 17.5 Å². The van der Waals surface area contributed by atoms with Crippen LogP contribution in [0, 0.1) is 17.8 Å². The number of fused-ring (bicyclic) bond motifs is 1. The van der Waals surface area contributed by atoms with Gasteiger partial charge >= 0.3 is 11.9 Å². The van der Waals surface area contributed by atoms with Crippen molar-refractivity contribution in [2.24, 2.45) is 17.8 Å². The third-order valence-corrected chi connectivity index (χ3v) is 5.98. The Bertz CT molecular complexity index is 905. The first kappa shape index (κ1) is 24.8. The van der Waals surface area contributed by atoms with E-state index < -0.39 is 48.4 Å². The van der Waals surface area contributed by atoms with Gasteiger partial charge in [-0.2, -0.15) is 0 Å². The number of rotatable bonds is 8. The summed E-state index contributed by atoms with van der Waals surface area (Å²) in [5, 5.41) is 40.5. The van der Waals surface area contributed by atoms with Gasteiger partial charge in [-0.1, -0.05) is 26.0 Å². The Balaban J connectivity index is 1.78. The number of aromatic hydroxyl groups is 1. The van der Waals surface area contributed by atoms with E-state index in [0.29, 0.717) is 11.1 Å². The molecule has 0 spiro atoms. The summed E-state index contributed by atoms with van der Waals surface area (Å²) in [6, 6.07) is 6.17. The number of benzene rings is 1. The minimum absolute atomic E-state index is 0.0507. The topological polar surface area (TPSA) is 143 Å². The first-order valence-electron chi connectivity index (χ1n) is 10.8. The van der Waals surface area contributed by atoms with Gasteiger partial charge in [-0.25, -0.2) is 4.79 Å². The third kappa shape index (κ3) is 5.55. The van der Waals surface area contributed by atoms with E-state index in [1.165, 1.54) is 30.5 Å². The van der Waals surface area contributed by atoms with E-state index in [0.717, 1.165) is 0 Å². The molecule has 9 nitrogen and oxygen atoms in total. The highest BCUT2D eigenvalue weighted by molar-refractivity contribution is 5.87. The molecule has 1 fully saturated rings. The van der Waals surface area contributed by atoms with Gasteiger partial charge in [0, 0.05) is 18.4 Å². The molecule has 0 saturated heterocycles. The Morgan fingerprint density at radius 2 is 1.91 bits per heavy atom. The lowest BCUT2D eigenvalue weighted by atomic mass is 9.80. The summed E-state index contributed by atoms with van der Waals surface area (Å²) in [4.78, 5) is 24.7. The molecule has 33 heavy (non-hydrogen) atoms. The number of ether oxygens (including phenoxy) is 3. The van der Waals surface area contributed by atoms with Gasteiger partial charge in [-0.3, -0.25) is 4.79 Å². The predicted molar refractivity (Wildman–Crippen MR) is 116 cm³/mol. The zero-order valence-corrected chi connectivity index (χ0v) is 18.6. The lowest BCUT2D eigenvalue weighted by Gasteiger charge is -2.39. The fraction of sp³-hybridized carbons (Fsp3) is 0.500. The highest BCUT2D eigenvalue weighted by Crippen LogP contribution is 2.50. The van der Waals surface area contributed by atoms with Crippen molar-refractivity contribution in [1.82, 2.24) is 0 Å². The largest absolute Gasteiger partial charge is 0.508 e. The van der Waals surface area contributed by atoms with E-state index in [4.69, 9.17) is 14.2 Å². The minimum atomic E-state index is -1.95. The Labute approximate surface area is 191 Å². The van der Waals surface area contributed by atoms with Crippen LogP contribution >= 0.6 is 0 Å². The van der Waals surface area contributed by atoms with Crippen molar-refractivity contribution < 1.29 is 44.2 Å². The number of phenolic OH excluding ortho intramolecular Hbond substituents is 1. The average Bonchev–Trinajstić information content (AvgIpc) is 3.06. The fourth-order valence-corrected chi connectivity index (χ4v) is 4.33. The van der Waals surface area contributed by atoms with E-state index in [9.17, 15) is 30.0 Å². The van der Waals surface area contributed by atoms with Crippen LogP contribution in [0.25, 0.3) is 6.08 Å². The maximum Gasteiger partial charge on any atom is 0.331 e. The number of hydrogen-bond acceptors (Lipinski definition) is 9. The number of esters is 2. The second-order valence-corrected chi connectivity index (χ2v) is 8.81. The van der Waals surface area contributed by atoms with E-state index in [-0.39, 0.29) is 31.1 Å². The fourth-order valence-electron chi connectivity index (χ4n) is 4.33. The van der Waals surface area contributed by atoms with Gasteiger partial charge in [-0.15, -0.1) is 0 Å². The molecule has 0 aromatic heterocycles. The van der Waals surface area contributed by atoms with Crippen molar-refractivity contribution >= 4 is 18.0 Å². The molecule has 9 heteroatoms. The van der Waals surface area contributed by atoms with Crippen LogP contribution in [0.1, 0.15) is 32.3 Å². The molecule has 0 amide bonds. The summed E-state index contributed by atoms with van der Waals surface area (Å²) in [6.07, 6.45) is 1.87. The smallest absolute Gasteiger partial charge is 0.331 e. The average molecular weight is 462 g/mol. The second kappa shape index (κ2) is 10.4. The van der Waals surface area contributed by atoms with Crippen LogP contribution in [-0.2, 0) is 23.8 Å². The molecule has 1 heterocycles. The van der Waals surface area contributed by atoms with E-state index in [1.54, 1.807) is 12.1 Å². The summed E-state index contributed by atoms with van der Waals surface area (Å²) in [7, 11) is 0. The zero-order chi connectivity index (χ0) is 24.2. The van der Waals surface area contributed by atoms with E-state index in [2.05, 4.69) is 0 Å². The van der Waals surface area contributed by atoms with Crippen molar-refractivity contribution in [3.05, 3.63) is 47.7 Å². The van der Waals surface area contributed by atoms with Crippen LogP contribution in [0.5, 0.6) is 5.75 Å². The lowest BCUT2D eigenvalue weighted by molar-refractivity contribution is -0.221. The second-order valence-electron chi connectivity index (χ2n) is 8.81. The molecule has 1 saturated carbocycles. The molecule has 4 N–H and O–H groups in total.